The largest absolute Gasteiger partial charge is 0.448 e. The van der Waals surface area contributed by atoms with Gasteiger partial charge in [-0.25, -0.2) is 18.3 Å². The van der Waals surface area contributed by atoms with Gasteiger partial charge < -0.3 is 10.1 Å². The highest BCUT2D eigenvalue weighted by Crippen LogP contribution is 2.22. The van der Waals surface area contributed by atoms with Gasteiger partial charge in [0.15, 0.2) is 11.8 Å². The zero-order valence-corrected chi connectivity index (χ0v) is 19.3. The van der Waals surface area contributed by atoms with Crippen molar-refractivity contribution in [2.45, 2.75) is 37.2 Å². The Hall–Kier alpha value is -3.57. The lowest BCUT2D eigenvalue weighted by Crippen LogP contribution is -2.35. The van der Waals surface area contributed by atoms with Crippen molar-refractivity contribution in [3.63, 3.8) is 0 Å². The number of carbonyl (C=O) groups excluding carboxylic acids is 2. The number of esters is 1. The quantitative estimate of drug-likeness (QED) is 0.512. The second-order valence-corrected chi connectivity index (χ2v) is 9.91. The van der Waals surface area contributed by atoms with E-state index in [1.807, 2.05) is 0 Å². The zero-order valence-electron chi connectivity index (χ0n) is 18.5. The van der Waals surface area contributed by atoms with E-state index in [9.17, 15) is 22.8 Å². The summed E-state index contributed by atoms with van der Waals surface area (Å²) >= 11 is 0. The predicted octanol–water partition coefficient (Wildman–Crippen LogP) is 2.28. The SMILES string of the molecule is C[C@H](OC(=O)c1n[nH]c(=O)c2ccccc12)C(=O)Nc1ccc(S(=O)(=O)N2CCCCC2)cc1. The molecule has 11 heteroatoms. The summed E-state index contributed by atoms with van der Waals surface area (Å²) in [5.41, 5.74) is -0.191. The molecule has 0 bridgehead atoms. The molecule has 10 nitrogen and oxygen atoms in total. The van der Waals surface area contributed by atoms with Gasteiger partial charge in [-0.1, -0.05) is 24.6 Å². The minimum Gasteiger partial charge on any atom is -0.448 e. The van der Waals surface area contributed by atoms with Gasteiger partial charge in [0.2, 0.25) is 10.0 Å². The summed E-state index contributed by atoms with van der Waals surface area (Å²) in [5.74, 6) is -1.47. The van der Waals surface area contributed by atoms with Crippen molar-refractivity contribution in [1.82, 2.24) is 14.5 Å². The predicted molar refractivity (Wildman–Crippen MR) is 125 cm³/mol. The molecule has 1 amide bonds. The zero-order chi connectivity index (χ0) is 24.3. The number of amides is 1. The molecule has 3 aromatic rings. The van der Waals surface area contributed by atoms with Gasteiger partial charge in [0, 0.05) is 24.2 Å². The van der Waals surface area contributed by atoms with Crippen LogP contribution in [0.1, 0.15) is 36.7 Å². The number of aromatic nitrogens is 2. The summed E-state index contributed by atoms with van der Waals surface area (Å²) in [7, 11) is -3.57. The third kappa shape index (κ3) is 4.85. The Balaban J connectivity index is 1.42. The van der Waals surface area contributed by atoms with Gasteiger partial charge in [-0.05, 0) is 50.1 Å². The second-order valence-electron chi connectivity index (χ2n) is 7.97. The van der Waals surface area contributed by atoms with Crippen molar-refractivity contribution < 1.29 is 22.7 Å². The monoisotopic (exact) mass is 484 g/mol. The van der Waals surface area contributed by atoms with Gasteiger partial charge in [-0.2, -0.15) is 9.40 Å². The van der Waals surface area contributed by atoms with Crippen LogP contribution in [0.4, 0.5) is 5.69 Å². The van der Waals surface area contributed by atoms with Crippen molar-refractivity contribution in [1.29, 1.82) is 0 Å². The van der Waals surface area contributed by atoms with E-state index in [-0.39, 0.29) is 16.0 Å². The van der Waals surface area contributed by atoms with Crippen LogP contribution in [-0.4, -0.2) is 54.0 Å². The molecule has 4 rings (SSSR count). The van der Waals surface area contributed by atoms with Gasteiger partial charge in [0.1, 0.15) is 0 Å². The lowest BCUT2D eigenvalue weighted by molar-refractivity contribution is -0.123. The standard InChI is InChI=1S/C23H24N4O6S/c1-15(33-23(30)20-18-7-3-4-8-19(18)22(29)26-25-20)21(28)24-16-9-11-17(12-10-16)34(31,32)27-13-5-2-6-14-27/h3-4,7-12,15H,2,5-6,13-14H2,1H3,(H,24,28)(H,26,29)/t15-/m0/s1. The van der Waals surface area contributed by atoms with Crippen LogP contribution in [0.2, 0.25) is 0 Å². The molecule has 1 fully saturated rings. The normalized spacial score (nSPS) is 15.6. The van der Waals surface area contributed by atoms with Crippen LogP contribution in [0.25, 0.3) is 10.8 Å². The third-order valence-electron chi connectivity index (χ3n) is 5.62. The van der Waals surface area contributed by atoms with Gasteiger partial charge in [0.05, 0.1) is 10.3 Å². The fourth-order valence-electron chi connectivity index (χ4n) is 3.75. The number of hydrogen-bond donors (Lipinski definition) is 2. The molecular weight excluding hydrogens is 460 g/mol. The van der Waals surface area contributed by atoms with Crippen LogP contribution in [-0.2, 0) is 19.6 Å². The van der Waals surface area contributed by atoms with E-state index in [2.05, 4.69) is 15.5 Å². The van der Waals surface area contributed by atoms with E-state index in [0.29, 0.717) is 24.2 Å². The highest BCUT2D eigenvalue weighted by molar-refractivity contribution is 7.89. The van der Waals surface area contributed by atoms with Gasteiger partial charge in [-0.3, -0.25) is 9.59 Å². The van der Waals surface area contributed by atoms with E-state index in [1.165, 1.54) is 35.5 Å². The van der Waals surface area contributed by atoms with Crippen LogP contribution < -0.4 is 10.9 Å². The number of benzene rings is 2. The number of nitrogens with one attached hydrogen (secondary N) is 2. The molecule has 1 atom stereocenters. The van der Waals surface area contributed by atoms with Crippen LogP contribution in [0.3, 0.4) is 0 Å². The number of anilines is 1. The number of ether oxygens (including phenoxy) is 1. The summed E-state index contributed by atoms with van der Waals surface area (Å²) in [6.07, 6.45) is 1.54. The smallest absolute Gasteiger partial charge is 0.360 e. The molecule has 1 aliphatic heterocycles. The number of aromatic amines is 1. The molecule has 34 heavy (non-hydrogen) atoms. The van der Waals surface area contributed by atoms with Crippen LogP contribution in [0.5, 0.6) is 0 Å². The Morgan fingerprint density at radius 2 is 1.68 bits per heavy atom. The van der Waals surface area contributed by atoms with Crippen LogP contribution in [0, 0.1) is 0 Å². The number of nitrogens with zero attached hydrogens (tertiary/aromatic N) is 2. The minimum absolute atomic E-state index is 0.109. The van der Waals surface area contributed by atoms with Crippen molar-refractivity contribution in [3.05, 3.63) is 64.6 Å². The van der Waals surface area contributed by atoms with E-state index in [1.54, 1.807) is 24.3 Å². The third-order valence-corrected chi connectivity index (χ3v) is 7.53. The maximum atomic E-state index is 12.8. The number of H-pyrrole nitrogens is 1. The number of hydrogen-bond acceptors (Lipinski definition) is 7. The molecule has 178 valence electrons. The summed E-state index contributed by atoms with van der Waals surface area (Å²) < 4.78 is 32.2. The first-order chi connectivity index (χ1) is 16.3. The Kier molecular flexibility index (Phi) is 6.75. The molecule has 0 radical (unpaired) electrons. The Morgan fingerprint density at radius 1 is 1.03 bits per heavy atom. The van der Waals surface area contributed by atoms with Crippen LogP contribution in [0.15, 0.2) is 58.2 Å². The fourth-order valence-corrected chi connectivity index (χ4v) is 5.27. The molecule has 0 saturated carbocycles. The average molecular weight is 485 g/mol. The summed E-state index contributed by atoms with van der Waals surface area (Å²) in [4.78, 5) is 37.2. The van der Waals surface area contributed by atoms with Crippen molar-refractivity contribution in [3.8, 4) is 0 Å². The molecule has 2 heterocycles. The lowest BCUT2D eigenvalue weighted by Gasteiger charge is -2.25. The summed E-state index contributed by atoms with van der Waals surface area (Å²) in [5, 5.41) is 9.21. The van der Waals surface area contributed by atoms with E-state index in [4.69, 9.17) is 4.74 Å². The molecule has 1 aromatic heterocycles. The number of fused-ring (bicyclic) bond motifs is 1. The maximum Gasteiger partial charge on any atom is 0.360 e. The number of piperidine rings is 1. The highest BCUT2D eigenvalue weighted by Gasteiger charge is 2.26. The lowest BCUT2D eigenvalue weighted by atomic mass is 10.1. The molecule has 1 saturated heterocycles. The van der Waals surface area contributed by atoms with E-state index >= 15 is 0 Å². The van der Waals surface area contributed by atoms with Crippen molar-refractivity contribution >= 4 is 38.4 Å². The maximum absolute atomic E-state index is 12.8. The summed E-state index contributed by atoms with van der Waals surface area (Å²) in [6.45, 7) is 2.41. The highest BCUT2D eigenvalue weighted by atomic mass is 32.2. The van der Waals surface area contributed by atoms with Crippen LogP contribution >= 0.6 is 0 Å². The first kappa shape index (κ1) is 23.6. The summed E-state index contributed by atoms with van der Waals surface area (Å²) in [6, 6.07) is 12.3. The van der Waals surface area contributed by atoms with E-state index in [0.717, 1.165) is 19.3 Å². The number of carbonyl (C=O) groups is 2. The number of rotatable bonds is 6. The molecule has 0 spiro atoms. The Morgan fingerprint density at radius 3 is 2.35 bits per heavy atom. The minimum atomic E-state index is -3.57. The molecular formula is C23H24N4O6S. The van der Waals surface area contributed by atoms with Gasteiger partial charge in [-0.15, -0.1) is 0 Å². The molecule has 0 aliphatic carbocycles. The number of sulfonamides is 1. The fraction of sp³-hybridized carbons (Fsp3) is 0.304. The van der Waals surface area contributed by atoms with Gasteiger partial charge >= 0.3 is 5.97 Å². The Labute approximate surface area is 196 Å². The average Bonchev–Trinajstić information content (AvgIpc) is 2.85. The Bertz CT molecular complexity index is 1380. The van der Waals surface area contributed by atoms with Crippen molar-refractivity contribution in [2.75, 3.05) is 18.4 Å². The van der Waals surface area contributed by atoms with Crippen molar-refractivity contribution in [2.24, 2.45) is 0 Å². The molecule has 1 aliphatic rings. The first-order valence-electron chi connectivity index (χ1n) is 10.9. The van der Waals surface area contributed by atoms with Gasteiger partial charge in [0.25, 0.3) is 11.5 Å². The first-order valence-corrected chi connectivity index (χ1v) is 12.3. The molecule has 0 unspecified atom stereocenters. The van der Waals surface area contributed by atoms with E-state index < -0.39 is 33.6 Å². The molecule has 2 N–H and O–H groups in total. The molecule has 2 aromatic carbocycles. The second kappa shape index (κ2) is 9.74. The topological polar surface area (TPSA) is 139 Å².